The minimum atomic E-state index is -4.54. The summed E-state index contributed by atoms with van der Waals surface area (Å²) in [6.07, 6.45) is -4.54. The average molecular weight is 412 g/mol. The molecule has 4 aromatic rings. The van der Waals surface area contributed by atoms with Crippen LogP contribution < -0.4 is 5.32 Å². The van der Waals surface area contributed by atoms with E-state index in [-0.39, 0.29) is 22.8 Å². The van der Waals surface area contributed by atoms with Gasteiger partial charge in [0.05, 0.1) is 22.6 Å². The van der Waals surface area contributed by atoms with Crippen LogP contribution in [0.5, 0.6) is 0 Å². The number of carbonyl (C=O) groups is 1. The minimum absolute atomic E-state index is 0.0667. The van der Waals surface area contributed by atoms with Crippen molar-refractivity contribution in [1.29, 1.82) is 0 Å². The minimum Gasteiger partial charge on any atom is -0.304 e. The van der Waals surface area contributed by atoms with Gasteiger partial charge in [-0.25, -0.2) is 9.50 Å². The number of nitrogens with zero attached hydrogens (tertiary/aromatic N) is 5. The molecule has 0 spiro atoms. The topological polar surface area (TPSA) is 85.1 Å². The number of halogens is 3. The fraction of sp³-hybridized carbons (Fsp3) is 0.150. The largest absolute Gasteiger partial charge is 0.417 e. The van der Waals surface area contributed by atoms with Gasteiger partial charge in [-0.3, -0.25) is 4.79 Å². The predicted molar refractivity (Wildman–Crippen MR) is 103 cm³/mol. The van der Waals surface area contributed by atoms with Gasteiger partial charge in [-0.2, -0.15) is 23.4 Å². The van der Waals surface area contributed by atoms with E-state index in [1.54, 1.807) is 26.0 Å². The first kappa shape index (κ1) is 19.5. The molecule has 152 valence electrons. The zero-order valence-corrected chi connectivity index (χ0v) is 15.9. The van der Waals surface area contributed by atoms with Crippen LogP contribution in [0.2, 0.25) is 0 Å². The van der Waals surface area contributed by atoms with Crippen LogP contribution in [0.15, 0.2) is 48.5 Å². The lowest BCUT2D eigenvalue weighted by Gasteiger charge is -2.12. The average Bonchev–Trinajstić information content (AvgIpc) is 3.04. The number of rotatable bonds is 3. The monoisotopic (exact) mass is 412 g/mol. The van der Waals surface area contributed by atoms with E-state index in [0.717, 1.165) is 6.07 Å². The molecular formula is C20H15F3N6O. The van der Waals surface area contributed by atoms with Gasteiger partial charge in [-0.15, -0.1) is 5.10 Å². The smallest absolute Gasteiger partial charge is 0.304 e. The number of fused-ring (bicyclic) bond motifs is 1. The lowest BCUT2D eigenvalue weighted by Crippen LogP contribution is -2.18. The molecule has 0 unspecified atom stereocenters. The van der Waals surface area contributed by atoms with Gasteiger partial charge in [0.2, 0.25) is 0 Å². The van der Waals surface area contributed by atoms with E-state index in [2.05, 4.69) is 25.6 Å². The first-order chi connectivity index (χ1) is 14.2. The Morgan fingerprint density at radius 3 is 2.47 bits per heavy atom. The first-order valence-corrected chi connectivity index (χ1v) is 8.89. The molecule has 10 heteroatoms. The Bertz CT molecular complexity index is 1250. The summed E-state index contributed by atoms with van der Waals surface area (Å²) in [6.45, 7) is 3.38. The van der Waals surface area contributed by atoms with Crippen molar-refractivity contribution in [3.63, 3.8) is 0 Å². The third-order valence-electron chi connectivity index (χ3n) is 4.41. The summed E-state index contributed by atoms with van der Waals surface area (Å²) in [6, 6.07) is 11.4. The van der Waals surface area contributed by atoms with Crippen LogP contribution >= 0.6 is 0 Å². The van der Waals surface area contributed by atoms with Crippen LogP contribution in [0, 0.1) is 13.8 Å². The summed E-state index contributed by atoms with van der Waals surface area (Å²) < 4.78 is 41.4. The molecule has 0 aliphatic heterocycles. The van der Waals surface area contributed by atoms with Crippen LogP contribution in [0.3, 0.4) is 0 Å². The third kappa shape index (κ3) is 3.59. The van der Waals surface area contributed by atoms with Gasteiger partial charge in [0, 0.05) is 5.56 Å². The van der Waals surface area contributed by atoms with E-state index < -0.39 is 17.6 Å². The second-order valence-corrected chi connectivity index (χ2v) is 6.59. The lowest BCUT2D eigenvalue weighted by molar-refractivity contribution is -0.137. The maximum absolute atomic E-state index is 13.4. The fourth-order valence-corrected chi connectivity index (χ4v) is 3.04. The summed E-state index contributed by atoms with van der Waals surface area (Å²) in [5.74, 6) is -0.314. The van der Waals surface area contributed by atoms with Gasteiger partial charge >= 0.3 is 6.18 Å². The highest BCUT2D eigenvalue weighted by Gasteiger charge is 2.33. The molecule has 0 radical (unpaired) electrons. The van der Waals surface area contributed by atoms with Crippen molar-refractivity contribution in [3.8, 4) is 11.3 Å². The number of benzene rings is 1. The second kappa shape index (κ2) is 7.21. The van der Waals surface area contributed by atoms with Crippen molar-refractivity contribution in [1.82, 2.24) is 24.8 Å². The third-order valence-corrected chi connectivity index (χ3v) is 4.41. The van der Waals surface area contributed by atoms with Gasteiger partial charge in [-0.05, 0) is 44.2 Å². The molecule has 1 N–H and O–H groups in total. The van der Waals surface area contributed by atoms with Crippen LogP contribution in [0.25, 0.3) is 16.9 Å². The first-order valence-electron chi connectivity index (χ1n) is 8.89. The summed E-state index contributed by atoms with van der Waals surface area (Å²) >= 11 is 0. The number of aromatic nitrogens is 5. The SMILES string of the molecule is Cc1ccc(NC(=O)c2c(C)nc3ccc(-c4ccccc4C(F)(F)F)nn23)nn1. The molecule has 0 atom stereocenters. The molecule has 3 heterocycles. The molecule has 4 rings (SSSR count). The number of nitrogens with one attached hydrogen (secondary N) is 1. The van der Waals surface area contributed by atoms with Crippen molar-refractivity contribution in [2.24, 2.45) is 0 Å². The van der Waals surface area contributed by atoms with Gasteiger partial charge in [0.1, 0.15) is 0 Å². The van der Waals surface area contributed by atoms with E-state index in [4.69, 9.17) is 0 Å². The molecule has 0 bridgehead atoms. The van der Waals surface area contributed by atoms with Gasteiger partial charge in [-0.1, -0.05) is 18.2 Å². The van der Waals surface area contributed by atoms with Crippen LogP contribution in [0.4, 0.5) is 19.0 Å². The molecule has 0 aliphatic rings. The van der Waals surface area contributed by atoms with Crippen molar-refractivity contribution in [2.45, 2.75) is 20.0 Å². The summed E-state index contributed by atoms with van der Waals surface area (Å²) in [5.41, 5.74) is 0.662. The summed E-state index contributed by atoms with van der Waals surface area (Å²) in [5, 5.41) is 14.6. The second-order valence-electron chi connectivity index (χ2n) is 6.59. The Kier molecular flexibility index (Phi) is 4.69. The maximum atomic E-state index is 13.4. The molecule has 0 saturated carbocycles. The van der Waals surface area contributed by atoms with E-state index in [1.807, 2.05) is 0 Å². The normalized spacial score (nSPS) is 11.6. The number of hydrogen-bond donors (Lipinski definition) is 1. The van der Waals surface area contributed by atoms with Gasteiger partial charge < -0.3 is 5.32 Å². The number of alkyl halides is 3. The highest BCUT2D eigenvalue weighted by molar-refractivity contribution is 6.03. The molecule has 3 aromatic heterocycles. The number of aryl methyl sites for hydroxylation is 2. The Hall–Kier alpha value is -3.82. The number of hydrogen-bond acceptors (Lipinski definition) is 5. The van der Waals surface area contributed by atoms with E-state index in [9.17, 15) is 18.0 Å². The highest BCUT2D eigenvalue weighted by Crippen LogP contribution is 2.36. The van der Waals surface area contributed by atoms with Crippen molar-refractivity contribution in [3.05, 3.63) is 71.2 Å². The quantitative estimate of drug-likeness (QED) is 0.548. The number of imidazole rings is 1. The van der Waals surface area contributed by atoms with E-state index in [0.29, 0.717) is 17.0 Å². The molecule has 0 aliphatic carbocycles. The maximum Gasteiger partial charge on any atom is 0.417 e. The van der Waals surface area contributed by atoms with Gasteiger partial charge in [0.25, 0.3) is 5.91 Å². The number of amides is 1. The fourth-order valence-electron chi connectivity index (χ4n) is 3.04. The van der Waals surface area contributed by atoms with E-state index in [1.165, 1.54) is 34.8 Å². The predicted octanol–water partition coefficient (Wildman–Crippen LogP) is 4.07. The molecule has 0 saturated heterocycles. The summed E-state index contributed by atoms with van der Waals surface area (Å²) in [4.78, 5) is 17.1. The highest BCUT2D eigenvalue weighted by atomic mass is 19.4. The zero-order valence-electron chi connectivity index (χ0n) is 15.9. The molecule has 1 amide bonds. The van der Waals surface area contributed by atoms with Crippen LogP contribution in [-0.2, 0) is 6.18 Å². The Balaban J connectivity index is 1.79. The standard InChI is InChI=1S/C20H15F3N6O/c1-11-7-9-16(27-26-11)25-19(30)18-12(2)24-17-10-8-15(28-29(17)18)13-5-3-4-6-14(13)20(21,22)23/h3-10H,1-2H3,(H,25,27,30). The van der Waals surface area contributed by atoms with Crippen LogP contribution in [0.1, 0.15) is 27.4 Å². The van der Waals surface area contributed by atoms with E-state index >= 15 is 0 Å². The molecular weight excluding hydrogens is 397 g/mol. The Labute approximate surface area is 168 Å². The summed E-state index contributed by atoms with van der Waals surface area (Å²) in [7, 11) is 0. The van der Waals surface area contributed by atoms with Crippen molar-refractivity contribution < 1.29 is 18.0 Å². The molecule has 7 nitrogen and oxygen atoms in total. The van der Waals surface area contributed by atoms with Crippen molar-refractivity contribution in [2.75, 3.05) is 5.32 Å². The number of anilines is 1. The molecule has 0 fully saturated rings. The molecule has 1 aromatic carbocycles. The van der Waals surface area contributed by atoms with Crippen molar-refractivity contribution >= 4 is 17.4 Å². The van der Waals surface area contributed by atoms with Gasteiger partial charge in [0.15, 0.2) is 17.2 Å². The molecule has 30 heavy (non-hydrogen) atoms. The number of carbonyl (C=O) groups excluding carboxylic acids is 1. The van der Waals surface area contributed by atoms with Crippen LogP contribution in [-0.4, -0.2) is 30.7 Å². The zero-order chi connectivity index (χ0) is 21.5. The Morgan fingerprint density at radius 2 is 1.77 bits per heavy atom. The Morgan fingerprint density at radius 1 is 1.00 bits per heavy atom. The lowest BCUT2D eigenvalue weighted by atomic mass is 10.0.